The first-order valence-corrected chi connectivity index (χ1v) is 6.16. The monoisotopic (exact) mass is 252 g/mol. The van der Waals surface area contributed by atoms with Crippen LogP contribution in [-0.2, 0) is 9.53 Å². The topological polar surface area (TPSA) is 66.8 Å². The molecular formula is C14H20O4. The van der Waals surface area contributed by atoms with Gasteiger partial charge in [-0.15, -0.1) is 0 Å². The van der Waals surface area contributed by atoms with E-state index in [0.717, 1.165) is 16.7 Å². The molecule has 3 atom stereocenters. The summed E-state index contributed by atoms with van der Waals surface area (Å²) < 4.78 is 5.94. The van der Waals surface area contributed by atoms with Crippen LogP contribution in [0.5, 0.6) is 0 Å². The van der Waals surface area contributed by atoms with Gasteiger partial charge in [-0.1, -0.05) is 0 Å². The van der Waals surface area contributed by atoms with Crippen molar-refractivity contribution < 1.29 is 19.7 Å². The molecule has 100 valence electrons. The number of carbonyl (C=O) groups is 1. The molecule has 0 spiro atoms. The van der Waals surface area contributed by atoms with E-state index in [1.165, 1.54) is 0 Å². The molecule has 1 aliphatic carbocycles. The summed E-state index contributed by atoms with van der Waals surface area (Å²) in [7, 11) is 0. The zero-order valence-corrected chi connectivity index (χ0v) is 11.4. The van der Waals surface area contributed by atoms with E-state index in [2.05, 4.69) is 0 Å². The van der Waals surface area contributed by atoms with Crippen molar-refractivity contribution in [3.05, 3.63) is 22.5 Å². The fourth-order valence-electron chi connectivity index (χ4n) is 3.22. The highest BCUT2D eigenvalue weighted by atomic mass is 16.5. The maximum absolute atomic E-state index is 11.5. The van der Waals surface area contributed by atoms with Crippen LogP contribution < -0.4 is 0 Å². The summed E-state index contributed by atoms with van der Waals surface area (Å²) >= 11 is 0. The summed E-state index contributed by atoms with van der Waals surface area (Å²) in [5.41, 5.74) is 1.73. The number of ether oxygens (including phenoxy) is 1. The molecule has 3 unspecified atom stereocenters. The van der Waals surface area contributed by atoms with Crippen LogP contribution in [0.2, 0.25) is 0 Å². The summed E-state index contributed by atoms with van der Waals surface area (Å²) in [5.74, 6) is -1.55. The Kier molecular flexibility index (Phi) is 2.81. The number of allylic oxidation sites excluding steroid dienone is 1. The van der Waals surface area contributed by atoms with E-state index in [4.69, 9.17) is 4.74 Å². The van der Waals surface area contributed by atoms with Gasteiger partial charge in [-0.25, -0.2) is 0 Å². The Balaban J connectivity index is 2.57. The SMILES string of the molecule is CC1=C(C)C2OC(C)(C)C(C(=O)O)C2C(C)=C1O. The first-order chi connectivity index (χ1) is 8.18. The lowest BCUT2D eigenvalue weighted by molar-refractivity contribution is -0.147. The normalized spacial score (nSPS) is 34.8. The summed E-state index contributed by atoms with van der Waals surface area (Å²) in [6.45, 7) is 9.14. The molecule has 0 aromatic carbocycles. The minimum atomic E-state index is -0.869. The fraction of sp³-hybridized carbons (Fsp3) is 0.643. The molecule has 2 N–H and O–H groups in total. The van der Waals surface area contributed by atoms with Gasteiger partial charge < -0.3 is 14.9 Å². The lowest BCUT2D eigenvalue weighted by Crippen LogP contribution is -2.37. The van der Waals surface area contributed by atoms with Crippen molar-refractivity contribution in [2.75, 3.05) is 0 Å². The highest BCUT2D eigenvalue weighted by molar-refractivity contribution is 5.74. The number of hydrogen-bond acceptors (Lipinski definition) is 3. The third-order valence-corrected chi connectivity index (χ3v) is 4.38. The Morgan fingerprint density at radius 2 is 1.78 bits per heavy atom. The Bertz CT molecular complexity index is 470. The molecule has 0 aromatic rings. The van der Waals surface area contributed by atoms with E-state index < -0.39 is 17.5 Å². The third kappa shape index (κ3) is 1.59. The minimum absolute atomic E-state index is 0.223. The summed E-state index contributed by atoms with van der Waals surface area (Å²) in [6.07, 6.45) is -0.239. The van der Waals surface area contributed by atoms with Gasteiger partial charge in [0.2, 0.25) is 0 Å². The van der Waals surface area contributed by atoms with Crippen LogP contribution in [0, 0.1) is 11.8 Å². The van der Waals surface area contributed by atoms with Gasteiger partial charge in [-0.2, -0.15) is 0 Å². The number of aliphatic hydroxyl groups excluding tert-OH is 1. The fourth-order valence-corrected chi connectivity index (χ4v) is 3.22. The summed E-state index contributed by atoms with van der Waals surface area (Å²) in [5, 5.41) is 19.6. The van der Waals surface area contributed by atoms with Crippen LogP contribution in [0.3, 0.4) is 0 Å². The average Bonchev–Trinajstić information content (AvgIpc) is 2.55. The van der Waals surface area contributed by atoms with Gasteiger partial charge in [0.05, 0.1) is 17.6 Å². The first-order valence-electron chi connectivity index (χ1n) is 6.16. The van der Waals surface area contributed by atoms with Crippen molar-refractivity contribution >= 4 is 5.97 Å². The quantitative estimate of drug-likeness (QED) is 0.753. The maximum Gasteiger partial charge on any atom is 0.310 e. The Morgan fingerprint density at radius 1 is 1.22 bits per heavy atom. The van der Waals surface area contributed by atoms with Crippen molar-refractivity contribution in [2.24, 2.45) is 11.8 Å². The molecule has 0 aromatic heterocycles. The Morgan fingerprint density at radius 3 is 2.28 bits per heavy atom. The van der Waals surface area contributed by atoms with Crippen molar-refractivity contribution in [3.63, 3.8) is 0 Å². The van der Waals surface area contributed by atoms with Gasteiger partial charge in [0.15, 0.2) is 0 Å². The van der Waals surface area contributed by atoms with Crippen molar-refractivity contribution in [2.45, 2.75) is 46.3 Å². The molecule has 4 heteroatoms. The second kappa shape index (κ2) is 3.85. The number of rotatable bonds is 1. The van der Waals surface area contributed by atoms with Crippen LogP contribution in [-0.4, -0.2) is 27.9 Å². The largest absolute Gasteiger partial charge is 0.508 e. The van der Waals surface area contributed by atoms with E-state index in [0.29, 0.717) is 0 Å². The molecule has 2 rings (SSSR count). The van der Waals surface area contributed by atoms with E-state index in [1.807, 2.05) is 13.8 Å². The van der Waals surface area contributed by atoms with Gasteiger partial charge in [0.1, 0.15) is 5.76 Å². The zero-order chi connectivity index (χ0) is 13.8. The molecule has 1 aliphatic heterocycles. The molecule has 0 radical (unpaired) electrons. The molecule has 0 bridgehead atoms. The number of fused-ring (bicyclic) bond motifs is 1. The molecule has 0 amide bonds. The van der Waals surface area contributed by atoms with E-state index in [1.54, 1.807) is 20.8 Å². The van der Waals surface area contributed by atoms with Crippen LogP contribution in [0.15, 0.2) is 22.5 Å². The predicted molar refractivity (Wildman–Crippen MR) is 67.3 cm³/mol. The molecule has 2 aliphatic rings. The van der Waals surface area contributed by atoms with Crippen LogP contribution in [0.4, 0.5) is 0 Å². The lowest BCUT2D eigenvalue weighted by Gasteiger charge is -2.29. The predicted octanol–water partition coefficient (Wildman–Crippen LogP) is 2.66. The highest BCUT2D eigenvalue weighted by Gasteiger charge is 2.56. The number of carboxylic acids is 1. The number of aliphatic carboxylic acids is 1. The van der Waals surface area contributed by atoms with Gasteiger partial charge in [-0.05, 0) is 51.3 Å². The van der Waals surface area contributed by atoms with E-state index in [-0.39, 0.29) is 17.8 Å². The second-order valence-electron chi connectivity index (χ2n) is 5.82. The van der Waals surface area contributed by atoms with Crippen LogP contribution in [0.1, 0.15) is 34.6 Å². The third-order valence-electron chi connectivity index (χ3n) is 4.38. The zero-order valence-electron chi connectivity index (χ0n) is 11.4. The molecule has 18 heavy (non-hydrogen) atoms. The Hall–Kier alpha value is -1.29. The smallest absolute Gasteiger partial charge is 0.310 e. The average molecular weight is 252 g/mol. The minimum Gasteiger partial charge on any atom is -0.508 e. The van der Waals surface area contributed by atoms with E-state index >= 15 is 0 Å². The molecule has 1 heterocycles. The van der Waals surface area contributed by atoms with Crippen molar-refractivity contribution in [3.8, 4) is 0 Å². The molecule has 1 saturated heterocycles. The molecular weight excluding hydrogens is 232 g/mol. The van der Waals surface area contributed by atoms with Crippen LogP contribution in [0.25, 0.3) is 0 Å². The maximum atomic E-state index is 11.5. The number of aliphatic hydroxyl groups is 1. The van der Waals surface area contributed by atoms with Crippen molar-refractivity contribution in [1.29, 1.82) is 0 Å². The summed E-state index contributed by atoms with van der Waals surface area (Å²) in [4.78, 5) is 11.5. The highest BCUT2D eigenvalue weighted by Crippen LogP contribution is 2.50. The number of hydrogen-bond donors (Lipinski definition) is 2. The first kappa shape index (κ1) is 13.1. The lowest BCUT2D eigenvalue weighted by atomic mass is 9.72. The summed E-state index contributed by atoms with van der Waals surface area (Å²) in [6, 6.07) is 0. The van der Waals surface area contributed by atoms with Crippen molar-refractivity contribution in [1.82, 2.24) is 0 Å². The number of carboxylic acid groups (broad SMARTS) is 1. The van der Waals surface area contributed by atoms with E-state index in [9.17, 15) is 15.0 Å². The van der Waals surface area contributed by atoms with Gasteiger partial charge in [-0.3, -0.25) is 4.79 Å². The molecule has 0 saturated carbocycles. The van der Waals surface area contributed by atoms with Gasteiger partial charge >= 0.3 is 5.97 Å². The van der Waals surface area contributed by atoms with Crippen LogP contribution >= 0.6 is 0 Å². The van der Waals surface area contributed by atoms with Gasteiger partial charge in [0, 0.05) is 5.92 Å². The Labute approximate surface area is 107 Å². The second-order valence-corrected chi connectivity index (χ2v) is 5.82. The molecule has 4 nitrogen and oxygen atoms in total. The standard InChI is InChI=1S/C14H20O4/c1-6-7(2)12-9(8(3)11(6)15)10(13(16)17)14(4,5)18-12/h9-10,12,15H,1-5H3,(H,16,17). The van der Waals surface area contributed by atoms with Gasteiger partial charge in [0.25, 0.3) is 0 Å². The molecule has 1 fully saturated rings.